The molecule has 1 saturated heterocycles. The van der Waals surface area contributed by atoms with Crippen LogP contribution in [0.3, 0.4) is 0 Å². The van der Waals surface area contributed by atoms with Crippen molar-refractivity contribution in [1.82, 2.24) is 10.4 Å². The Morgan fingerprint density at radius 1 is 1.38 bits per heavy atom. The molecule has 0 spiro atoms. The van der Waals surface area contributed by atoms with Crippen molar-refractivity contribution < 1.29 is 14.7 Å². The molecule has 1 aliphatic rings. The number of hydrogen-bond acceptors (Lipinski definition) is 4. The summed E-state index contributed by atoms with van der Waals surface area (Å²) in [5.74, 6) is 0.135. The van der Waals surface area contributed by atoms with Gasteiger partial charge in [0.25, 0.3) is 5.91 Å². The number of rotatable bonds is 6. The second kappa shape index (κ2) is 8.12. The number of piperidine rings is 1. The van der Waals surface area contributed by atoms with E-state index in [1.165, 1.54) is 0 Å². The van der Waals surface area contributed by atoms with Crippen LogP contribution >= 0.6 is 0 Å². The predicted octanol–water partition coefficient (Wildman–Crippen LogP) is 1.33. The molecule has 2 N–H and O–H groups in total. The van der Waals surface area contributed by atoms with Crippen molar-refractivity contribution in [1.29, 1.82) is 0 Å². The molecule has 0 aliphatic carbocycles. The van der Waals surface area contributed by atoms with Gasteiger partial charge in [0.15, 0.2) is 0 Å². The molecule has 1 amide bonds. The Bertz CT molecular complexity index is 438. The van der Waals surface area contributed by atoms with Crippen LogP contribution in [-0.4, -0.2) is 41.7 Å². The highest BCUT2D eigenvalue weighted by Gasteiger charge is 2.26. The normalized spacial score (nSPS) is 23.0. The van der Waals surface area contributed by atoms with Gasteiger partial charge in [0.1, 0.15) is 0 Å². The predicted molar refractivity (Wildman–Crippen MR) is 80.2 cm³/mol. The van der Waals surface area contributed by atoms with Crippen LogP contribution < -0.4 is 5.48 Å². The number of likely N-dealkylation sites (tertiary alicyclic amines) is 1. The van der Waals surface area contributed by atoms with Gasteiger partial charge in [-0.15, -0.1) is 0 Å². The van der Waals surface area contributed by atoms with Crippen LogP contribution in [0.5, 0.6) is 0 Å². The highest BCUT2D eigenvalue weighted by Crippen LogP contribution is 2.20. The SMILES string of the molecule is CC1CCC(CO)CN1CC(=O)NOCc1ccccc1. The monoisotopic (exact) mass is 292 g/mol. The van der Waals surface area contributed by atoms with Crippen LogP contribution in [0.2, 0.25) is 0 Å². The molecule has 1 fully saturated rings. The molecule has 1 heterocycles. The van der Waals surface area contributed by atoms with Crippen LogP contribution in [0.1, 0.15) is 25.3 Å². The molecule has 21 heavy (non-hydrogen) atoms. The lowest BCUT2D eigenvalue weighted by Crippen LogP contribution is -2.47. The average molecular weight is 292 g/mol. The average Bonchev–Trinajstić information content (AvgIpc) is 2.50. The summed E-state index contributed by atoms with van der Waals surface area (Å²) < 4.78 is 0. The summed E-state index contributed by atoms with van der Waals surface area (Å²) in [5.41, 5.74) is 3.51. The number of amides is 1. The third-order valence-electron chi connectivity index (χ3n) is 3.98. The summed E-state index contributed by atoms with van der Waals surface area (Å²) in [6.45, 7) is 3.75. The van der Waals surface area contributed by atoms with Crippen molar-refractivity contribution in [3.8, 4) is 0 Å². The van der Waals surface area contributed by atoms with Crippen LogP contribution in [0, 0.1) is 5.92 Å². The van der Waals surface area contributed by atoms with Gasteiger partial charge in [-0.2, -0.15) is 0 Å². The lowest BCUT2D eigenvalue weighted by molar-refractivity contribution is -0.137. The quantitative estimate of drug-likeness (QED) is 0.777. The van der Waals surface area contributed by atoms with E-state index in [4.69, 9.17) is 4.84 Å². The Labute approximate surface area is 125 Å². The summed E-state index contributed by atoms with van der Waals surface area (Å²) in [4.78, 5) is 19.2. The molecular weight excluding hydrogens is 268 g/mol. The van der Waals surface area contributed by atoms with E-state index in [0.717, 1.165) is 24.9 Å². The molecular formula is C16H24N2O3. The summed E-state index contributed by atoms with van der Waals surface area (Å²) in [6.07, 6.45) is 2.05. The van der Waals surface area contributed by atoms with Crippen LogP contribution in [0.4, 0.5) is 0 Å². The number of hydroxylamine groups is 1. The topological polar surface area (TPSA) is 61.8 Å². The highest BCUT2D eigenvalue weighted by atomic mass is 16.6. The standard InChI is InChI=1S/C16H24N2O3/c1-13-7-8-15(11-19)9-18(13)10-16(20)17-21-12-14-5-3-2-4-6-14/h2-6,13,15,19H,7-12H2,1H3,(H,17,20). The van der Waals surface area contributed by atoms with Gasteiger partial charge in [-0.25, -0.2) is 5.48 Å². The number of aliphatic hydroxyl groups is 1. The Kier molecular flexibility index (Phi) is 6.17. The third-order valence-corrected chi connectivity index (χ3v) is 3.98. The van der Waals surface area contributed by atoms with Crippen molar-refractivity contribution in [2.45, 2.75) is 32.4 Å². The molecule has 0 aromatic heterocycles. The Hall–Kier alpha value is -1.43. The molecule has 2 rings (SSSR count). The number of benzene rings is 1. The first-order valence-corrected chi connectivity index (χ1v) is 7.48. The second-order valence-corrected chi connectivity index (χ2v) is 5.70. The van der Waals surface area contributed by atoms with E-state index >= 15 is 0 Å². The first kappa shape index (κ1) is 15.9. The molecule has 1 aromatic rings. The zero-order valence-corrected chi connectivity index (χ0v) is 12.5. The molecule has 0 bridgehead atoms. The summed E-state index contributed by atoms with van der Waals surface area (Å²) >= 11 is 0. The fraction of sp³-hybridized carbons (Fsp3) is 0.562. The van der Waals surface area contributed by atoms with E-state index in [0.29, 0.717) is 19.2 Å². The van der Waals surface area contributed by atoms with Gasteiger partial charge in [-0.05, 0) is 31.2 Å². The molecule has 1 aliphatic heterocycles. The number of carbonyl (C=O) groups excluding carboxylic acids is 1. The van der Waals surface area contributed by atoms with E-state index in [1.54, 1.807) is 0 Å². The molecule has 5 nitrogen and oxygen atoms in total. The zero-order chi connectivity index (χ0) is 15.1. The largest absolute Gasteiger partial charge is 0.396 e. The summed E-state index contributed by atoms with van der Waals surface area (Å²) in [5, 5.41) is 9.24. The van der Waals surface area contributed by atoms with Crippen molar-refractivity contribution in [3.63, 3.8) is 0 Å². The lowest BCUT2D eigenvalue weighted by atomic mass is 9.94. The van der Waals surface area contributed by atoms with E-state index in [2.05, 4.69) is 17.3 Å². The number of aliphatic hydroxyl groups excluding tert-OH is 1. The first-order valence-electron chi connectivity index (χ1n) is 7.48. The van der Waals surface area contributed by atoms with Gasteiger partial charge in [0.05, 0.1) is 13.2 Å². The van der Waals surface area contributed by atoms with Gasteiger partial charge in [-0.1, -0.05) is 30.3 Å². The maximum absolute atomic E-state index is 11.9. The molecule has 5 heteroatoms. The van der Waals surface area contributed by atoms with E-state index in [-0.39, 0.29) is 18.4 Å². The number of nitrogens with zero attached hydrogens (tertiary/aromatic N) is 1. The van der Waals surface area contributed by atoms with E-state index < -0.39 is 0 Å². The minimum Gasteiger partial charge on any atom is -0.396 e. The maximum Gasteiger partial charge on any atom is 0.257 e. The van der Waals surface area contributed by atoms with Gasteiger partial charge in [0, 0.05) is 19.2 Å². The molecule has 1 aromatic carbocycles. The summed E-state index contributed by atoms with van der Waals surface area (Å²) in [6, 6.07) is 10.1. The van der Waals surface area contributed by atoms with Crippen molar-refractivity contribution >= 4 is 5.91 Å². The summed E-state index contributed by atoms with van der Waals surface area (Å²) in [7, 11) is 0. The van der Waals surface area contributed by atoms with E-state index in [1.807, 2.05) is 30.3 Å². The maximum atomic E-state index is 11.9. The number of hydrogen-bond donors (Lipinski definition) is 2. The fourth-order valence-corrected chi connectivity index (χ4v) is 2.62. The Morgan fingerprint density at radius 2 is 2.14 bits per heavy atom. The van der Waals surface area contributed by atoms with Gasteiger partial charge in [0.2, 0.25) is 0 Å². The smallest absolute Gasteiger partial charge is 0.257 e. The molecule has 2 atom stereocenters. The number of nitrogens with one attached hydrogen (secondary N) is 1. The minimum atomic E-state index is -0.142. The van der Waals surface area contributed by atoms with Crippen molar-refractivity contribution in [2.24, 2.45) is 5.92 Å². The molecule has 2 unspecified atom stereocenters. The first-order chi connectivity index (χ1) is 10.2. The molecule has 0 saturated carbocycles. The lowest BCUT2D eigenvalue weighted by Gasteiger charge is -2.36. The molecule has 0 radical (unpaired) electrons. The van der Waals surface area contributed by atoms with Crippen molar-refractivity contribution in [2.75, 3.05) is 19.7 Å². The van der Waals surface area contributed by atoms with Crippen LogP contribution in [0.15, 0.2) is 30.3 Å². The van der Waals surface area contributed by atoms with Gasteiger partial charge in [-0.3, -0.25) is 14.5 Å². The highest BCUT2D eigenvalue weighted by molar-refractivity contribution is 5.76. The Balaban J connectivity index is 1.71. The van der Waals surface area contributed by atoms with Gasteiger partial charge < -0.3 is 5.11 Å². The van der Waals surface area contributed by atoms with Crippen LogP contribution in [0.25, 0.3) is 0 Å². The van der Waals surface area contributed by atoms with E-state index in [9.17, 15) is 9.90 Å². The molecule has 116 valence electrons. The van der Waals surface area contributed by atoms with Gasteiger partial charge >= 0.3 is 0 Å². The number of carbonyl (C=O) groups is 1. The second-order valence-electron chi connectivity index (χ2n) is 5.70. The third kappa shape index (κ3) is 5.12. The fourth-order valence-electron chi connectivity index (χ4n) is 2.62. The van der Waals surface area contributed by atoms with Crippen LogP contribution in [-0.2, 0) is 16.2 Å². The Morgan fingerprint density at radius 3 is 2.86 bits per heavy atom. The van der Waals surface area contributed by atoms with Crippen molar-refractivity contribution in [3.05, 3.63) is 35.9 Å². The minimum absolute atomic E-state index is 0.142. The zero-order valence-electron chi connectivity index (χ0n) is 12.5.